The van der Waals surface area contributed by atoms with Gasteiger partial charge in [0.1, 0.15) is 11.5 Å². The van der Waals surface area contributed by atoms with Crippen LogP contribution in [0.4, 0.5) is 18.0 Å². The number of alkyl halides is 3. The lowest BCUT2D eigenvalue weighted by Gasteiger charge is -2.32. The van der Waals surface area contributed by atoms with Crippen molar-refractivity contribution in [2.45, 2.75) is 78.1 Å². The van der Waals surface area contributed by atoms with Crippen molar-refractivity contribution in [3.63, 3.8) is 0 Å². The molecule has 3 atom stereocenters. The second-order valence-corrected chi connectivity index (χ2v) is 9.21. The Bertz CT molecular complexity index is 731. The van der Waals surface area contributed by atoms with Gasteiger partial charge in [0.15, 0.2) is 0 Å². The summed E-state index contributed by atoms with van der Waals surface area (Å²) in [6, 6.07) is 8.26. The third kappa shape index (κ3) is 5.76. The predicted molar refractivity (Wildman–Crippen MR) is 109 cm³/mol. The molecule has 1 aliphatic heterocycles. The minimum atomic E-state index is -4.74. The van der Waals surface area contributed by atoms with Crippen molar-refractivity contribution in [3.8, 4) is 0 Å². The molecule has 0 saturated carbocycles. The zero-order chi connectivity index (χ0) is 22.7. The molecular weight excluding hydrogens is 395 g/mol. The fourth-order valence-corrected chi connectivity index (χ4v) is 4.07. The first-order valence-corrected chi connectivity index (χ1v) is 10.5. The number of carbonyl (C=O) groups excluding carboxylic acids is 2. The quantitative estimate of drug-likeness (QED) is 0.511. The lowest BCUT2D eigenvalue weighted by atomic mass is 9.85. The highest BCUT2D eigenvalue weighted by Gasteiger charge is 2.57. The average Bonchev–Trinajstić information content (AvgIpc) is 2.82. The molecule has 0 radical (unpaired) electrons. The highest BCUT2D eigenvalue weighted by molar-refractivity contribution is 5.96. The maximum atomic E-state index is 13.9. The van der Waals surface area contributed by atoms with Gasteiger partial charge < -0.3 is 4.74 Å². The zero-order valence-corrected chi connectivity index (χ0v) is 18.3. The summed E-state index contributed by atoms with van der Waals surface area (Å²) in [5, 5.41) is 0. The Labute approximate surface area is 176 Å². The lowest BCUT2D eigenvalue weighted by Crippen LogP contribution is -2.52. The van der Waals surface area contributed by atoms with Crippen LogP contribution in [0.3, 0.4) is 0 Å². The monoisotopic (exact) mass is 427 g/mol. The van der Waals surface area contributed by atoms with Gasteiger partial charge in [-0.25, -0.2) is 9.69 Å². The molecule has 1 aromatic carbocycles. The first-order chi connectivity index (χ1) is 13.8. The maximum Gasteiger partial charge on any atom is 0.417 e. The Balaban J connectivity index is 2.30. The number of cyclic esters (lactones) is 1. The molecule has 0 N–H and O–H groups in total. The first kappa shape index (κ1) is 24.2. The second kappa shape index (κ2) is 9.40. The van der Waals surface area contributed by atoms with E-state index in [1.165, 1.54) is 6.92 Å². The van der Waals surface area contributed by atoms with Gasteiger partial charge in [0, 0.05) is 0 Å². The molecule has 2 amide bonds. The number of ether oxygens (including phenoxy) is 1. The van der Waals surface area contributed by atoms with Crippen LogP contribution in [0.5, 0.6) is 0 Å². The van der Waals surface area contributed by atoms with Crippen LogP contribution < -0.4 is 0 Å². The van der Waals surface area contributed by atoms with Gasteiger partial charge in [0.25, 0.3) is 0 Å². The lowest BCUT2D eigenvalue weighted by molar-refractivity contribution is -0.198. The molecule has 0 aromatic heterocycles. The number of rotatable bonds is 8. The van der Waals surface area contributed by atoms with E-state index in [2.05, 4.69) is 0 Å². The summed E-state index contributed by atoms with van der Waals surface area (Å²) in [5.41, 5.74) is -0.264. The SMILES string of the molecule is CC(C)CCC[C@@H](C)[C@@H](C(=O)N1C(=O)OC(C)(C)[C@@H]1Cc1ccccc1)C(F)(F)F. The van der Waals surface area contributed by atoms with E-state index in [1.54, 1.807) is 26.0 Å². The molecule has 30 heavy (non-hydrogen) atoms. The molecule has 2 rings (SSSR count). The summed E-state index contributed by atoms with van der Waals surface area (Å²) in [4.78, 5) is 26.4. The van der Waals surface area contributed by atoms with Crippen LogP contribution in [0, 0.1) is 17.8 Å². The number of amides is 2. The van der Waals surface area contributed by atoms with Gasteiger partial charge in [-0.3, -0.25) is 4.79 Å². The number of imide groups is 1. The van der Waals surface area contributed by atoms with Crippen LogP contribution in [0.25, 0.3) is 0 Å². The standard InChI is InChI=1S/C23H32F3NO3/c1-15(2)10-9-11-16(3)19(23(24,25)26)20(28)27-18(22(4,5)30-21(27)29)14-17-12-7-6-8-13-17/h6-8,12-13,15-16,18-19H,9-11,14H2,1-5H3/t16-,18+,19+/m1/s1. The number of hydrogen-bond donors (Lipinski definition) is 0. The van der Waals surface area contributed by atoms with E-state index in [0.29, 0.717) is 17.2 Å². The Morgan fingerprint density at radius 1 is 1.13 bits per heavy atom. The van der Waals surface area contributed by atoms with Crippen LogP contribution in [-0.4, -0.2) is 34.7 Å². The molecule has 4 nitrogen and oxygen atoms in total. The highest BCUT2D eigenvalue weighted by atomic mass is 19.4. The van der Waals surface area contributed by atoms with Crippen molar-refractivity contribution in [1.82, 2.24) is 4.90 Å². The number of nitrogens with zero attached hydrogens (tertiary/aromatic N) is 1. The summed E-state index contributed by atoms with van der Waals surface area (Å²) >= 11 is 0. The molecular formula is C23H32F3NO3. The summed E-state index contributed by atoms with van der Waals surface area (Å²) in [6.07, 6.45) is -3.85. The Morgan fingerprint density at radius 2 is 1.73 bits per heavy atom. The second-order valence-electron chi connectivity index (χ2n) is 9.21. The smallest absolute Gasteiger partial charge is 0.417 e. The third-order valence-electron chi connectivity index (χ3n) is 5.80. The largest absolute Gasteiger partial charge is 0.441 e. The number of halogens is 3. The van der Waals surface area contributed by atoms with Crippen molar-refractivity contribution in [3.05, 3.63) is 35.9 Å². The van der Waals surface area contributed by atoms with Gasteiger partial charge in [0.05, 0.1) is 6.04 Å². The van der Waals surface area contributed by atoms with E-state index in [9.17, 15) is 22.8 Å². The molecule has 0 unspecified atom stereocenters. The van der Waals surface area contributed by atoms with Gasteiger partial charge in [0.2, 0.25) is 5.91 Å². The fourth-order valence-electron chi connectivity index (χ4n) is 4.07. The molecule has 0 spiro atoms. The van der Waals surface area contributed by atoms with Gasteiger partial charge in [-0.15, -0.1) is 0 Å². The van der Waals surface area contributed by atoms with Crippen LogP contribution in [0.1, 0.15) is 59.4 Å². The van der Waals surface area contributed by atoms with Gasteiger partial charge in [-0.05, 0) is 44.1 Å². The fraction of sp³-hybridized carbons (Fsp3) is 0.652. The van der Waals surface area contributed by atoms with E-state index < -0.39 is 41.7 Å². The number of benzene rings is 1. The normalized spacial score (nSPS) is 20.9. The van der Waals surface area contributed by atoms with Crippen molar-refractivity contribution in [1.29, 1.82) is 0 Å². The number of hydrogen-bond acceptors (Lipinski definition) is 3. The zero-order valence-electron chi connectivity index (χ0n) is 18.3. The van der Waals surface area contributed by atoms with Crippen molar-refractivity contribution < 1.29 is 27.5 Å². The summed E-state index contributed by atoms with van der Waals surface area (Å²) in [6.45, 7) is 8.71. The van der Waals surface area contributed by atoms with Crippen molar-refractivity contribution in [2.75, 3.05) is 0 Å². The Hall–Kier alpha value is -2.05. The van der Waals surface area contributed by atoms with E-state index in [4.69, 9.17) is 4.74 Å². The van der Waals surface area contributed by atoms with E-state index in [1.807, 2.05) is 32.0 Å². The summed E-state index contributed by atoms with van der Waals surface area (Å²) in [5.74, 6) is -3.99. The van der Waals surface area contributed by atoms with Gasteiger partial charge in [-0.2, -0.15) is 13.2 Å². The Kier molecular flexibility index (Phi) is 7.59. The van der Waals surface area contributed by atoms with E-state index in [-0.39, 0.29) is 12.8 Å². The molecule has 1 aromatic rings. The highest BCUT2D eigenvalue weighted by Crippen LogP contribution is 2.40. The summed E-state index contributed by atoms with van der Waals surface area (Å²) in [7, 11) is 0. The van der Waals surface area contributed by atoms with E-state index >= 15 is 0 Å². The molecule has 168 valence electrons. The molecule has 0 bridgehead atoms. The Morgan fingerprint density at radius 3 is 2.27 bits per heavy atom. The van der Waals surface area contributed by atoms with E-state index in [0.717, 1.165) is 12.0 Å². The molecule has 1 fully saturated rings. The average molecular weight is 428 g/mol. The molecule has 1 aliphatic rings. The molecule has 7 heteroatoms. The van der Waals surface area contributed by atoms with Crippen LogP contribution in [0.15, 0.2) is 30.3 Å². The van der Waals surface area contributed by atoms with Crippen LogP contribution >= 0.6 is 0 Å². The van der Waals surface area contributed by atoms with Crippen LogP contribution in [0.2, 0.25) is 0 Å². The first-order valence-electron chi connectivity index (χ1n) is 10.5. The number of carbonyl (C=O) groups is 2. The maximum absolute atomic E-state index is 13.9. The predicted octanol–water partition coefficient (Wildman–Crippen LogP) is 6.00. The molecule has 0 aliphatic carbocycles. The summed E-state index contributed by atoms with van der Waals surface area (Å²) < 4.78 is 47.1. The molecule has 1 heterocycles. The topological polar surface area (TPSA) is 46.6 Å². The third-order valence-corrected chi connectivity index (χ3v) is 5.80. The van der Waals surface area contributed by atoms with Crippen molar-refractivity contribution in [2.24, 2.45) is 17.8 Å². The minimum Gasteiger partial charge on any atom is -0.441 e. The van der Waals surface area contributed by atoms with Crippen molar-refractivity contribution >= 4 is 12.0 Å². The minimum absolute atomic E-state index is 0.234. The molecule has 1 saturated heterocycles. The van der Waals surface area contributed by atoms with Crippen LogP contribution in [-0.2, 0) is 16.0 Å². The van der Waals surface area contributed by atoms with Gasteiger partial charge in [-0.1, -0.05) is 63.9 Å². The van der Waals surface area contributed by atoms with Gasteiger partial charge >= 0.3 is 12.3 Å².